The average Bonchev–Trinajstić information content (AvgIpc) is 2.07. The molecule has 1 fully saturated rings. The molecule has 8 heteroatoms. The zero-order valence-corrected chi connectivity index (χ0v) is 9.40. The van der Waals surface area contributed by atoms with Crippen molar-refractivity contribution < 1.29 is 64.6 Å². The Morgan fingerprint density at radius 2 is 1.57 bits per heavy atom. The molecule has 0 bridgehead atoms. The maximum atomic E-state index is 10.3. The van der Waals surface area contributed by atoms with Crippen molar-refractivity contribution in [3.8, 4) is 0 Å². The van der Waals surface area contributed by atoms with Crippen molar-refractivity contribution in [1.29, 1.82) is 0 Å². The summed E-state index contributed by atoms with van der Waals surface area (Å²) in [6, 6.07) is 0. The second kappa shape index (κ2) is 5.38. The fourth-order valence-electron chi connectivity index (χ4n) is 1.06. The summed E-state index contributed by atoms with van der Waals surface area (Å²) in [7, 11) is 0. The van der Waals surface area contributed by atoms with E-state index in [1.165, 1.54) is 0 Å². The van der Waals surface area contributed by atoms with Crippen molar-refractivity contribution in [2.75, 3.05) is 0 Å². The molecular weight excluding hydrogens is 207 g/mol. The van der Waals surface area contributed by atoms with Crippen LogP contribution < -0.4 is 34.7 Å². The summed E-state index contributed by atoms with van der Waals surface area (Å²) in [6.45, 7) is 0. The zero-order chi connectivity index (χ0) is 10.2. The molecule has 5 atom stereocenters. The molecule has 14 heavy (non-hydrogen) atoms. The minimum atomic E-state index is -1.85. The second-order valence-corrected chi connectivity index (χ2v) is 2.74. The van der Waals surface area contributed by atoms with Crippen LogP contribution in [-0.4, -0.2) is 57.1 Å². The van der Waals surface area contributed by atoms with Gasteiger partial charge in [-0.05, 0) is 0 Å². The van der Waals surface area contributed by atoms with Crippen LogP contribution in [0.3, 0.4) is 0 Å². The summed E-state index contributed by atoms with van der Waals surface area (Å²) in [5.41, 5.74) is 0. The number of carboxylic acid groups (broad SMARTS) is 1. The van der Waals surface area contributed by atoms with Gasteiger partial charge in [-0.1, -0.05) is 0 Å². The van der Waals surface area contributed by atoms with Gasteiger partial charge in [-0.2, -0.15) is 0 Å². The standard InChI is InChI=1S/C6H10O7.Na/c7-1-2(8)4(5(10)11)13-6(12)3(1)9;/h1-4,6-9,12H,(H,10,11);/q;+1/p-1/t1-,2+,3?,4?,6+;/m0./s1. The van der Waals surface area contributed by atoms with E-state index < -0.39 is 36.7 Å². The predicted octanol–water partition coefficient (Wildman–Crippen LogP) is -7.46. The number of aliphatic hydroxyl groups is 4. The van der Waals surface area contributed by atoms with E-state index in [9.17, 15) is 9.90 Å². The molecule has 4 N–H and O–H groups in total. The Morgan fingerprint density at radius 1 is 1.07 bits per heavy atom. The van der Waals surface area contributed by atoms with Gasteiger partial charge in [0.2, 0.25) is 0 Å². The molecular formula is C6H9NaO7. The number of ether oxygens (including phenoxy) is 1. The summed E-state index contributed by atoms with van der Waals surface area (Å²) < 4.78 is 4.28. The van der Waals surface area contributed by atoms with E-state index in [0.29, 0.717) is 0 Å². The number of carbonyl (C=O) groups is 1. The third-order valence-corrected chi connectivity index (χ3v) is 1.82. The summed E-state index contributed by atoms with van der Waals surface area (Å²) in [5.74, 6) is -1.77. The molecule has 7 nitrogen and oxygen atoms in total. The van der Waals surface area contributed by atoms with Gasteiger partial charge >= 0.3 is 29.6 Å². The van der Waals surface area contributed by atoms with Crippen LogP contribution in [0.5, 0.6) is 0 Å². The Kier molecular flexibility index (Phi) is 5.48. The molecule has 0 radical (unpaired) electrons. The summed E-state index contributed by atoms with van der Waals surface area (Å²) >= 11 is 0. The molecule has 0 aromatic rings. The normalized spacial score (nSPS) is 42.7. The van der Waals surface area contributed by atoms with Gasteiger partial charge in [-0.25, -0.2) is 0 Å². The minimum absolute atomic E-state index is 0. The number of aliphatic carboxylic acids is 1. The fraction of sp³-hybridized carbons (Fsp3) is 0.833. The van der Waals surface area contributed by atoms with Crippen LogP contribution >= 0.6 is 0 Å². The van der Waals surface area contributed by atoms with Crippen molar-refractivity contribution in [1.82, 2.24) is 0 Å². The maximum Gasteiger partial charge on any atom is 1.00 e. The molecule has 0 aromatic heterocycles. The Bertz CT molecular complexity index is 210. The first-order valence-electron chi connectivity index (χ1n) is 3.53. The van der Waals surface area contributed by atoms with Crippen molar-refractivity contribution >= 4 is 5.97 Å². The number of rotatable bonds is 1. The Morgan fingerprint density at radius 3 is 2.00 bits per heavy atom. The largest absolute Gasteiger partial charge is 1.00 e. The number of aliphatic hydroxyl groups excluding tert-OH is 4. The average molecular weight is 216 g/mol. The van der Waals surface area contributed by atoms with Crippen molar-refractivity contribution in [3.63, 3.8) is 0 Å². The molecule has 1 aliphatic rings. The second-order valence-electron chi connectivity index (χ2n) is 2.74. The van der Waals surface area contributed by atoms with Crippen molar-refractivity contribution in [2.24, 2.45) is 0 Å². The van der Waals surface area contributed by atoms with Crippen molar-refractivity contribution in [3.05, 3.63) is 0 Å². The van der Waals surface area contributed by atoms with E-state index in [2.05, 4.69) is 4.74 Å². The molecule has 76 valence electrons. The third kappa shape index (κ3) is 2.65. The van der Waals surface area contributed by atoms with Gasteiger partial charge in [0.1, 0.15) is 24.4 Å². The van der Waals surface area contributed by atoms with Crippen LogP contribution in [0.15, 0.2) is 0 Å². The fourth-order valence-corrected chi connectivity index (χ4v) is 1.06. The molecule has 1 saturated heterocycles. The Hall–Kier alpha value is 0.270. The number of carboxylic acids is 1. The molecule has 1 rings (SSSR count). The predicted molar refractivity (Wildman–Crippen MR) is 33.9 cm³/mol. The van der Waals surface area contributed by atoms with E-state index in [1.54, 1.807) is 0 Å². The number of hydrogen-bond acceptors (Lipinski definition) is 7. The molecule has 1 aliphatic heterocycles. The van der Waals surface area contributed by atoms with Crippen LogP contribution in [0.25, 0.3) is 0 Å². The summed E-state index contributed by atoms with van der Waals surface area (Å²) in [4.78, 5) is 10.3. The van der Waals surface area contributed by atoms with E-state index in [0.717, 1.165) is 0 Å². The SMILES string of the molecule is O=C([O-])C1O[C@@H](O)C(O)[C@@H](O)[C@H]1O.[Na+]. The minimum Gasteiger partial charge on any atom is -0.547 e. The maximum absolute atomic E-state index is 10.3. The molecule has 0 amide bonds. The van der Waals surface area contributed by atoms with Crippen LogP contribution in [0.4, 0.5) is 0 Å². The first-order chi connectivity index (χ1) is 5.95. The van der Waals surface area contributed by atoms with E-state index in [-0.39, 0.29) is 29.6 Å². The molecule has 2 unspecified atom stereocenters. The zero-order valence-electron chi connectivity index (χ0n) is 7.40. The summed E-state index contributed by atoms with van der Waals surface area (Å²) in [5, 5.41) is 46.1. The summed E-state index contributed by atoms with van der Waals surface area (Å²) in [6.07, 6.45) is -9.00. The van der Waals surface area contributed by atoms with Gasteiger partial charge in [-0.3, -0.25) is 0 Å². The van der Waals surface area contributed by atoms with Crippen LogP contribution in [0.1, 0.15) is 0 Å². The van der Waals surface area contributed by atoms with Crippen LogP contribution in [0, 0.1) is 0 Å². The molecule has 1 heterocycles. The van der Waals surface area contributed by atoms with Gasteiger partial charge < -0.3 is 35.1 Å². The first kappa shape index (κ1) is 14.3. The Labute approximate surface area is 101 Å². The quantitative estimate of drug-likeness (QED) is 0.320. The van der Waals surface area contributed by atoms with Crippen LogP contribution in [0.2, 0.25) is 0 Å². The van der Waals surface area contributed by atoms with Crippen molar-refractivity contribution in [2.45, 2.75) is 30.7 Å². The topological polar surface area (TPSA) is 130 Å². The van der Waals surface area contributed by atoms with Gasteiger partial charge in [0.25, 0.3) is 0 Å². The first-order valence-corrected chi connectivity index (χ1v) is 3.53. The molecule has 0 aliphatic carbocycles. The van der Waals surface area contributed by atoms with E-state index in [1.807, 2.05) is 0 Å². The van der Waals surface area contributed by atoms with Gasteiger partial charge in [-0.15, -0.1) is 0 Å². The number of hydrogen-bond donors (Lipinski definition) is 4. The monoisotopic (exact) mass is 216 g/mol. The van der Waals surface area contributed by atoms with E-state index in [4.69, 9.17) is 20.4 Å². The molecule has 0 saturated carbocycles. The van der Waals surface area contributed by atoms with Gasteiger partial charge in [0.05, 0.1) is 5.97 Å². The number of carbonyl (C=O) groups excluding carboxylic acids is 1. The van der Waals surface area contributed by atoms with Crippen LogP contribution in [-0.2, 0) is 9.53 Å². The molecule has 0 spiro atoms. The molecule has 0 aromatic carbocycles. The third-order valence-electron chi connectivity index (χ3n) is 1.82. The van der Waals surface area contributed by atoms with E-state index >= 15 is 0 Å². The smallest absolute Gasteiger partial charge is 0.547 e. The van der Waals surface area contributed by atoms with Gasteiger partial charge in [0, 0.05) is 0 Å². The Balaban J connectivity index is 0.00000169. The van der Waals surface area contributed by atoms with Gasteiger partial charge in [0.15, 0.2) is 6.29 Å².